The highest BCUT2D eigenvalue weighted by Gasteiger charge is 2.30. The number of aliphatic carboxylic acids is 1. The lowest BCUT2D eigenvalue weighted by molar-refractivity contribution is -0.139. The van der Waals surface area contributed by atoms with Crippen LogP contribution in [-0.4, -0.2) is 55.0 Å². The third-order valence-electron chi connectivity index (χ3n) is 4.26. The lowest BCUT2D eigenvalue weighted by atomic mass is 10.1. The van der Waals surface area contributed by atoms with Crippen molar-refractivity contribution in [3.05, 3.63) is 36.2 Å². The van der Waals surface area contributed by atoms with E-state index in [4.69, 9.17) is 5.11 Å². The first-order valence-electron chi connectivity index (χ1n) is 8.15. The number of carbonyl (C=O) groups excluding carboxylic acids is 1. The van der Waals surface area contributed by atoms with Crippen molar-refractivity contribution in [1.29, 1.82) is 0 Å². The van der Waals surface area contributed by atoms with Gasteiger partial charge >= 0.3 is 5.97 Å². The predicted molar refractivity (Wildman–Crippen MR) is 93.8 cm³/mol. The monoisotopic (exact) mass is 360 g/mol. The van der Waals surface area contributed by atoms with Crippen LogP contribution in [0.25, 0.3) is 5.69 Å². The van der Waals surface area contributed by atoms with E-state index in [-0.39, 0.29) is 24.1 Å². The molecule has 1 aromatic heterocycles. The summed E-state index contributed by atoms with van der Waals surface area (Å²) in [5.74, 6) is -0.690. The normalized spacial score (nSPS) is 17.0. The van der Waals surface area contributed by atoms with E-state index < -0.39 is 5.97 Å². The number of nitrogens with zero attached hydrogens (tertiary/aromatic N) is 4. The second kappa shape index (κ2) is 7.69. The van der Waals surface area contributed by atoms with E-state index in [0.29, 0.717) is 11.7 Å². The van der Waals surface area contributed by atoms with Crippen molar-refractivity contribution in [3.8, 4) is 5.69 Å². The molecule has 0 bridgehead atoms. The number of hydrogen-bond donors (Lipinski definition) is 1. The molecule has 0 saturated carbocycles. The minimum atomic E-state index is -0.864. The molecule has 1 N–H and O–H groups in total. The number of thioether (sulfide) groups is 1. The lowest BCUT2D eigenvalue weighted by Gasteiger charge is -2.23. The summed E-state index contributed by atoms with van der Waals surface area (Å²) >= 11 is 1.32. The number of benzene rings is 1. The Morgan fingerprint density at radius 1 is 1.32 bits per heavy atom. The van der Waals surface area contributed by atoms with Crippen molar-refractivity contribution in [1.82, 2.24) is 19.7 Å². The number of carboxylic acid groups (broad SMARTS) is 1. The van der Waals surface area contributed by atoms with Crippen LogP contribution in [0.2, 0.25) is 0 Å². The third kappa shape index (κ3) is 4.19. The average Bonchev–Trinajstić information content (AvgIpc) is 3.22. The lowest BCUT2D eigenvalue weighted by Crippen LogP contribution is -2.38. The summed E-state index contributed by atoms with van der Waals surface area (Å²) < 4.78 is 1.84. The summed E-state index contributed by atoms with van der Waals surface area (Å²) in [6.45, 7) is 2.65. The van der Waals surface area contributed by atoms with Crippen LogP contribution in [0.3, 0.4) is 0 Å². The van der Waals surface area contributed by atoms with Gasteiger partial charge in [0.1, 0.15) is 6.33 Å². The van der Waals surface area contributed by atoms with E-state index in [2.05, 4.69) is 10.2 Å². The van der Waals surface area contributed by atoms with Gasteiger partial charge in [0.2, 0.25) is 5.91 Å². The molecule has 1 fully saturated rings. The Hall–Kier alpha value is -2.35. The van der Waals surface area contributed by atoms with E-state index in [1.807, 2.05) is 35.8 Å². The van der Waals surface area contributed by atoms with Crippen LogP contribution in [-0.2, 0) is 9.59 Å². The molecule has 1 amide bonds. The van der Waals surface area contributed by atoms with E-state index in [9.17, 15) is 9.59 Å². The highest BCUT2D eigenvalue weighted by molar-refractivity contribution is 7.99. The maximum absolute atomic E-state index is 12.5. The van der Waals surface area contributed by atoms with Gasteiger partial charge in [-0.2, -0.15) is 0 Å². The summed E-state index contributed by atoms with van der Waals surface area (Å²) in [4.78, 5) is 25.1. The second-order valence-electron chi connectivity index (χ2n) is 6.09. The quantitative estimate of drug-likeness (QED) is 0.794. The smallest absolute Gasteiger partial charge is 0.305 e. The predicted octanol–water partition coefficient (Wildman–Crippen LogP) is 2.13. The maximum atomic E-state index is 12.5. The highest BCUT2D eigenvalue weighted by Crippen LogP contribution is 2.24. The molecule has 3 rings (SSSR count). The number of aromatic nitrogens is 3. The van der Waals surface area contributed by atoms with Gasteiger partial charge in [-0.15, -0.1) is 10.2 Å². The molecule has 2 aromatic rings. The number of carbonyl (C=O) groups is 2. The molecule has 1 saturated heterocycles. The first-order valence-corrected chi connectivity index (χ1v) is 9.14. The van der Waals surface area contributed by atoms with Crippen LogP contribution in [0, 0.1) is 6.92 Å². The Morgan fingerprint density at radius 3 is 2.80 bits per heavy atom. The molecule has 0 aliphatic carbocycles. The molecule has 0 radical (unpaired) electrons. The van der Waals surface area contributed by atoms with Crippen LogP contribution in [0.5, 0.6) is 0 Å². The van der Waals surface area contributed by atoms with Gasteiger partial charge in [0.25, 0.3) is 0 Å². The van der Waals surface area contributed by atoms with Crippen molar-refractivity contribution < 1.29 is 14.7 Å². The van der Waals surface area contributed by atoms with E-state index in [0.717, 1.165) is 18.5 Å². The molecule has 1 aliphatic heterocycles. The van der Waals surface area contributed by atoms with Gasteiger partial charge in [0, 0.05) is 18.3 Å². The van der Waals surface area contributed by atoms with Crippen molar-refractivity contribution in [3.63, 3.8) is 0 Å². The Morgan fingerprint density at radius 2 is 2.08 bits per heavy atom. The van der Waals surface area contributed by atoms with Crippen LogP contribution < -0.4 is 0 Å². The molecular weight excluding hydrogens is 340 g/mol. The molecule has 1 atom stereocenters. The Labute approximate surface area is 150 Å². The molecule has 132 valence electrons. The number of rotatable bonds is 6. The molecule has 1 unspecified atom stereocenters. The van der Waals surface area contributed by atoms with Gasteiger partial charge in [0.05, 0.1) is 12.2 Å². The first-order chi connectivity index (χ1) is 12.0. The zero-order valence-electron chi connectivity index (χ0n) is 14.0. The molecule has 25 heavy (non-hydrogen) atoms. The first kappa shape index (κ1) is 17.5. The van der Waals surface area contributed by atoms with Crippen LogP contribution in [0.1, 0.15) is 24.8 Å². The summed E-state index contributed by atoms with van der Waals surface area (Å²) in [5.41, 5.74) is 2.11. The van der Waals surface area contributed by atoms with Gasteiger partial charge < -0.3 is 10.0 Å². The largest absolute Gasteiger partial charge is 0.481 e. The number of amides is 1. The molecule has 0 spiro atoms. The average molecular weight is 360 g/mol. The van der Waals surface area contributed by atoms with Crippen molar-refractivity contribution in [2.24, 2.45) is 0 Å². The fraction of sp³-hybridized carbons (Fsp3) is 0.412. The molecule has 1 aliphatic rings. The number of carboxylic acids is 1. The number of aryl methyl sites for hydroxylation is 1. The van der Waals surface area contributed by atoms with E-state index in [1.54, 1.807) is 11.2 Å². The van der Waals surface area contributed by atoms with Gasteiger partial charge in [-0.25, -0.2) is 0 Å². The number of hydrogen-bond acceptors (Lipinski definition) is 5. The third-order valence-corrected chi connectivity index (χ3v) is 5.19. The highest BCUT2D eigenvalue weighted by atomic mass is 32.2. The van der Waals surface area contributed by atoms with Gasteiger partial charge in [-0.05, 0) is 31.9 Å². The molecule has 2 heterocycles. The zero-order valence-corrected chi connectivity index (χ0v) is 14.8. The molecule has 7 nitrogen and oxygen atoms in total. The number of likely N-dealkylation sites (tertiary alicyclic amines) is 1. The van der Waals surface area contributed by atoms with Gasteiger partial charge in [-0.3, -0.25) is 14.2 Å². The zero-order chi connectivity index (χ0) is 17.8. The summed E-state index contributed by atoms with van der Waals surface area (Å²) in [6, 6.07) is 7.79. The fourth-order valence-electron chi connectivity index (χ4n) is 2.99. The van der Waals surface area contributed by atoms with Crippen molar-refractivity contribution >= 4 is 23.6 Å². The van der Waals surface area contributed by atoms with E-state index in [1.165, 1.54) is 17.3 Å². The Kier molecular flexibility index (Phi) is 5.37. The molecule has 1 aromatic carbocycles. The van der Waals surface area contributed by atoms with Crippen LogP contribution >= 0.6 is 11.8 Å². The Bertz CT molecular complexity index is 760. The summed E-state index contributed by atoms with van der Waals surface area (Å²) in [6.07, 6.45) is 3.24. The Balaban J connectivity index is 1.64. The van der Waals surface area contributed by atoms with Crippen LogP contribution in [0.4, 0.5) is 0 Å². The van der Waals surface area contributed by atoms with Gasteiger partial charge in [-0.1, -0.05) is 29.5 Å². The maximum Gasteiger partial charge on any atom is 0.305 e. The second-order valence-corrected chi connectivity index (χ2v) is 7.03. The fourth-order valence-corrected chi connectivity index (χ4v) is 3.81. The van der Waals surface area contributed by atoms with E-state index >= 15 is 0 Å². The summed E-state index contributed by atoms with van der Waals surface area (Å²) in [7, 11) is 0. The summed E-state index contributed by atoms with van der Waals surface area (Å²) in [5, 5.41) is 17.6. The molecule has 8 heteroatoms. The van der Waals surface area contributed by atoms with Crippen molar-refractivity contribution in [2.45, 2.75) is 37.4 Å². The van der Waals surface area contributed by atoms with Crippen LogP contribution in [0.15, 0.2) is 35.7 Å². The SMILES string of the molecule is Cc1ccc(-n2cnnc2SCC(=O)N2CCCC2CC(=O)O)cc1. The standard InChI is InChI=1S/C17H20N4O3S/c1-12-4-6-13(7-5-12)21-11-18-19-17(21)25-10-15(22)20-8-2-3-14(20)9-16(23)24/h4-7,11,14H,2-3,8-10H2,1H3,(H,23,24). The minimum Gasteiger partial charge on any atom is -0.481 e. The topological polar surface area (TPSA) is 88.3 Å². The minimum absolute atomic E-state index is 0.00988. The molecular formula is C17H20N4O3S. The van der Waals surface area contributed by atoms with Gasteiger partial charge in [0.15, 0.2) is 5.16 Å². The van der Waals surface area contributed by atoms with Crippen molar-refractivity contribution in [2.75, 3.05) is 12.3 Å².